The molecule has 0 spiro atoms. The fourth-order valence-corrected chi connectivity index (χ4v) is 6.21. The van der Waals surface area contributed by atoms with Crippen LogP contribution in [0.3, 0.4) is 0 Å². The molecule has 0 aliphatic carbocycles. The highest BCUT2D eigenvalue weighted by Gasteiger charge is 2.35. The van der Waals surface area contributed by atoms with Crippen molar-refractivity contribution in [2.45, 2.75) is 26.3 Å². The highest BCUT2D eigenvalue weighted by molar-refractivity contribution is 7.17. The number of benzene rings is 1. The van der Waals surface area contributed by atoms with Crippen molar-refractivity contribution in [2.75, 3.05) is 13.1 Å². The van der Waals surface area contributed by atoms with Crippen molar-refractivity contribution < 1.29 is 9.52 Å². The van der Waals surface area contributed by atoms with Crippen molar-refractivity contribution in [1.29, 1.82) is 0 Å². The lowest BCUT2D eigenvalue weighted by molar-refractivity contribution is 0.112. The minimum atomic E-state index is -0.212. The van der Waals surface area contributed by atoms with Crippen molar-refractivity contribution in [3.05, 3.63) is 57.1 Å². The summed E-state index contributed by atoms with van der Waals surface area (Å²) in [4.78, 5) is 8.34. The summed E-state index contributed by atoms with van der Waals surface area (Å²) in [6.07, 6.45) is 2.76. The van der Waals surface area contributed by atoms with Crippen molar-refractivity contribution in [3.8, 4) is 17.5 Å². The Morgan fingerprint density at radius 3 is 2.61 bits per heavy atom. The number of halogens is 2. The molecule has 9 heteroatoms. The Morgan fingerprint density at radius 1 is 1.19 bits per heavy atom. The van der Waals surface area contributed by atoms with Gasteiger partial charge >= 0.3 is 0 Å². The van der Waals surface area contributed by atoms with Gasteiger partial charge in [-0.2, -0.15) is 9.50 Å². The Balaban J connectivity index is 1.63. The Hall–Kier alpha value is -2.06. The van der Waals surface area contributed by atoms with Crippen LogP contribution in [0.2, 0.25) is 10.0 Å². The molecule has 1 aliphatic heterocycles. The monoisotopic (exact) mass is 476 g/mol. The van der Waals surface area contributed by atoms with Crippen molar-refractivity contribution in [1.82, 2.24) is 19.5 Å². The molecule has 1 N–H and O–H groups in total. The van der Waals surface area contributed by atoms with Crippen LogP contribution in [-0.4, -0.2) is 37.7 Å². The van der Waals surface area contributed by atoms with Gasteiger partial charge in [0.15, 0.2) is 5.76 Å². The predicted molar refractivity (Wildman–Crippen MR) is 123 cm³/mol. The number of hydrogen-bond donors (Lipinski definition) is 1. The quantitative estimate of drug-likeness (QED) is 0.383. The average Bonchev–Trinajstić information content (AvgIpc) is 3.42. The van der Waals surface area contributed by atoms with E-state index < -0.39 is 0 Å². The Bertz CT molecular complexity index is 1210. The molecule has 1 aromatic carbocycles. The molecular weight excluding hydrogens is 455 g/mol. The van der Waals surface area contributed by atoms with E-state index in [1.54, 1.807) is 24.5 Å². The van der Waals surface area contributed by atoms with E-state index in [0.29, 0.717) is 38.4 Å². The number of piperidine rings is 1. The van der Waals surface area contributed by atoms with E-state index in [-0.39, 0.29) is 11.9 Å². The van der Waals surface area contributed by atoms with Gasteiger partial charge in [0.05, 0.1) is 17.2 Å². The molecule has 0 radical (unpaired) electrons. The van der Waals surface area contributed by atoms with Gasteiger partial charge in [0.2, 0.25) is 16.7 Å². The summed E-state index contributed by atoms with van der Waals surface area (Å²) >= 11 is 14.2. The van der Waals surface area contributed by atoms with Gasteiger partial charge in [0.25, 0.3) is 0 Å². The number of fused-ring (bicyclic) bond motifs is 1. The van der Waals surface area contributed by atoms with Gasteiger partial charge in [0, 0.05) is 23.1 Å². The van der Waals surface area contributed by atoms with E-state index in [2.05, 4.69) is 28.8 Å². The summed E-state index contributed by atoms with van der Waals surface area (Å²) in [5.41, 5.74) is 0.915. The first-order valence-corrected chi connectivity index (χ1v) is 11.8. The summed E-state index contributed by atoms with van der Waals surface area (Å²) in [7, 11) is 0. The summed E-state index contributed by atoms with van der Waals surface area (Å²) in [5, 5.41) is 16.8. The molecule has 0 bridgehead atoms. The first kappa shape index (κ1) is 20.8. The lowest BCUT2D eigenvalue weighted by Gasteiger charge is -2.40. The third kappa shape index (κ3) is 3.84. The highest BCUT2D eigenvalue weighted by atomic mass is 35.5. The SMILES string of the molecule is C[C@@H]1C[C@H](C)CN([C@@H](c2ccc(Cl)cc2Cl)c2sc3nc(-c4ccco4)nn3c2O)C1. The molecule has 0 saturated carbocycles. The molecule has 3 aromatic heterocycles. The Labute approximate surface area is 194 Å². The van der Waals surface area contributed by atoms with E-state index in [1.165, 1.54) is 22.3 Å². The summed E-state index contributed by atoms with van der Waals surface area (Å²) < 4.78 is 6.88. The fourth-order valence-electron chi connectivity index (χ4n) is 4.59. The van der Waals surface area contributed by atoms with Crippen LogP contribution in [-0.2, 0) is 0 Å². The summed E-state index contributed by atoms with van der Waals surface area (Å²) in [5.74, 6) is 2.18. The number of likely N-dealkylation sites (tertiary alicyclic amines) is 1. The van der Waals surface area contributed by atoms with E-state index in [4.69, 9.17) is 27.6 Å². The molecule has 0 amide bonds. The second-order valence-electron chi connectivity index (χ2n) is 8.37. The fraction of sp³-hybridized carbons (Fsp3) is 0.364. The van der Waals surface area contributed by atoms with Crippen LogP contribution in [0, 0.1) is 11.8 Å². The topological polar surface area (TPSA) is 66.8 Å². The highest BCUT2D eigenvalue weighted by Crippen LogP contribution is 2.44. The van der Waals surface area contributed by atoms with Gasteiger partial charge < -0.3 is 9.52 Å². The average molecular weight is 477 g/mol. The first-order valence-electron chi connectivity index (χ1n) is 10.2. The molecule has 4 aromatic rings. The summed E-state index contributed by atoms with van der Waals surface area (Å²) in [6, 6.07) is 8.91. The van der Waals surface area contributed by atoms with Crippen molar-refractivity contribution >= 4 is 39.5 Å². The molecule has 31 heavy (non-hydrogen) atoms. The third-order valence-electron chi connectivity index (χ3n) is 5.71. The zero-order chi connectivity index (χ0) is 21.7. The van der Waals surface area contributed by atoms with Crippen molar-refractivity contribution in [3.63, 3.8) is 0 Å². The van der Waals surface area contributed by atoms with Gasteiger partial charge in [-0.1, -0.05) is 54.5 Å². The zero-order valence-electron chi connectivity index (χ0n) is 17.1. The van der Waals surface area contributed by atoms with Crippen molar-refractivity contribution in [2.24, 2.45) is 11.8 Å². The number of thiazole rings is 1. The Kier molecular flexibility index (Phi) is 5.46. The smallest absolute Gasteiger partial charge is 0.230 e. The molecule has 1 aliphatic rings. The number of aromatic hydroxyl groups is 1. The molecule has 4 heterocycles. The van der Waals surface area contributed by atoms with E-state index in [0.717, 1.165) is 23.5 Å². The van der Waals surface area contributed by atoms with Gasteiger partial charge in [-0.25, -0.2) is 0 Å². The normalized spacial score (nSPS) is 21.0. The second kappa shape index (κ2) is 8.13. The molecule has 0 unspecified atom stereocenters. The minimum Gasteiger partial charge on any atom is -0.492 e. The van der Waals surface area contributed by atoms with E-state index in [9.17, 15) is 5.11 Å². The molecule has 5 rings (SSSR count). The lowest BCUT2D eigenvalue weighted by Crippen LogP contribution is -2.41. The molecule has 162 valence electrons. The van der Waals surface area contributed by atoms with Crippen LogP contribution in [0.1, 0.15) is 36.8 Å². The van der Waals surface area contributed by atoms with E-state index >= 15 is 0 Å². The largest absolute Gasteiger partial charge is 0.492 e. The number of aromatic nitrogens is 3. The Morgan fingerprint density at radius 2 is 1.97 bits per heavy atom. The second-order valence-corrected chi connectivity index (χ2v) is 10.2. The maximum Gasteiger partial charge on any atom is 0.230 e. The summed E-state index contributed by atoms with van der Waals surface area (Å²) in [6.45, 7) is 6.36. The lowest BCUT2D eigenvalue weighted by atomic mass is 9.89. The number of nitrogens with zero attached hydrogens (tertiary/aromatic N) is 4. The number of rotatable bonds is 4. The maximum atomic E-state index is 11.2. The van der Waals surface area contributed by atoms with Gasteiger partial charge in [-0.15, -0.1) is 5.10 Å². The number of hydrogen-bond acceptors (Lipinski definition) is 6. The molecule has 1 fully saturated rings. The van der Waals surface area contributed by atoms with E-state index in [1.807, 2.05) is 12.1 Å². The zero-order valence-corrected chi connectivity index (χ0v) is 19.5. The van der Waals surface area contributed by atoms with Crippen LogP contribution in [0.5, 0.6) is 5.88 Å². The van der Waals surface area contributed by atoms with Gasteiger partial charge in [-0.3, -0.25) is 4.90 Å². The van der Waals surface area contributed by atoms with Crippen LogP contribution in [0.15, 0.2) is 41.0 Å². The predicted octanol–water partition coefficient (Wildman–Crippen LogP) is 6.13. The minimum absolute atomic E-state index is 0.0761. The van der Waals surface area contributed by atoms with Crippen LogP contribution in [0.25, 0.3) is 16.5 Å². The molecule has 1 saturated heterocycles. The molecule has 6 nitrogen and oxygen atoms in total. The van der Waals surface area contributed by atoms with Gasteiger partial charge in [0.1, 0.15) is 0 Å². The third-order valence-corrected chi connectivity index (χ3v) is 7.34. The van der Waals surface area contributed by atoms with Gasteiger partial charge in [-0.05, 0) is 48.1 Å². The van der Waals surface area contributed by atoms with Crippen LogP contribution < -0.4 is 0 Å². The molecular formula is C22H22Cl2N4O2S. The standard InChI is InChI=1S/C22H22Cl2N4O2S/c1-12-8-13(2)11-27(10-12)18(15-6-5-14(23)9-16(15)24)19-21(29)28-22(31-19)25-20(26-28)17-4-3-7-30-17/h3-7,9,12-13,18,29H,8,10-11H2,1-2H3/t12-,13+,18-/m0/s1. The van der Waals surface area contributed by atoms with Crippen LogP contribution >= 0.6 is 34.5 Å². The maximum absolute atomic E-state index is 11.2. The number of furan rings is 1. The first-order chi connectivity index (χ1) is 14.9. The van der Waals surface area contributed by atoms with Crippen LogP contribution in [0.4, 0.5) is 0 Å². The molecule has 3 atom stereocenters.